The fourth-order valence-electron chi connectivity index (χ4n) is 2.25. The Balaban J connectivity index is 2.65. The van der Waals surface area contributed by atoms with Gasteiger partial charge in [-0.25, -0.2) is 0 Å². The molecular formula is C14H12Cl2F3N3O. The molecule has 1 amide bonds. The minimum Gasteiger partial charge on any atom is -0.370 e. The van der Waals surface area contributed by atoms with Crippen molar-refractivity contribution < 1.29 is 18.0 Å². The van der Waals surface area contributed by atoms with E-state index in [1.165, 1.54) is 29.0 Å². The number of nitrogens with zero attached hydrogens (tertiary/aromatic N) is 1. The summed E-state index contributed by atoms with van der Waals surface area (Å²) < 4.78 is 41.1. The van der Waals surface area contributed by atoms with Crippen LogP contribution in [0.5, 0.6) is 0 Å². The molecule has 0 saturated carbocycles. The van der Waals surface area contributed by atoms with Gasteiger partial charge in [-0.15, -0.1) is 0 Å². The van der Waals surface area contributed by atoms with Crippen molar-refractivity contribution in [2.24, 2.45) is 11.5 Å². The minimum absolute atomic E-state index is 0.138. The Labute approximate surface area is 139 Å². The van der Waals surface area contributed by atoms with Gasteiger partial charge in [0.15, 0.2) is 0 Å². The predicted octanol–water partition coefficient (Wildman–Crippen LogP) is 3.68. The molecule has 124 valence electrons. The highest BCUT2D eigenvalue weighted by atomic mass is 35.5. The van der Waals surface area contributed by atoms with Crippen molar-refractivity contribution >= 4 is 29.1 Å². The van der Waals surface area contributed by atoms with Gasteiger partial charge in [0, 0.05) is 23.3 Å². The van der Waals surface area contributed by atoms with Crippen molar-refractivity contribution in [1.82, 2.24) is 4.57 Å². The Kier molecular flexibility index (Phi) is 4.93. The van der Waals surface area contributed by atoms with E-state index in [9.17, 15) is 18.0 Å². The highest BCUT2D eigenvalue weighted by Gasteiger charge is 2.36. The third-order valence-corrected chi connectivity index (χ3v) is 3.66. The number of aromatic nitrogens is 1. The molecule has 4 N–H and O–H groups in total. The van der Waals surface area contributed by atoms with Crippen molar-refractivity contribution in [2.75, 3.05) is 0 Å². The molecule has 1 heterocycles. The van der Waals surface area contributed by atoms with Crippen LogP contribution in [0.2, 0.25) is 10.0 Å². The molecule has 23 heavy (non-hydrogen) atoms. The average molecular weight is 366 g/mol. The number of benzene rings is 1. The zero-order chi connectivity index (χ0) is 17.4. The third kappa shape index (κ3) is 3.80. The van der Waals surface area contributed by atoms with E-state index in [0.29, 0.717) is 0 Å². The molecule has 4 nitrogen and oxygen atoms in total. The van der Waals surface area contributed by atoms with Crippen LogP contribution in [-0.4, -0.2) is 10.5 Å². The maximum absolute atomic E-state index is 13.3. The number of carbonyl (C=O) groups excluding carboxylic acids is 1. The summed E-state index contributed by atoms with van der Waals surface area (Å²) in [7, 11) is 0. The Bertz CT molecular complexity index is 743. The number of rotatable bonds is 4. The fraction of sp³-hybridized carbons (Fsp3) is 0.214. The monoisotopic (exact) mass is 365 g/mol. The summed E-state index contributed by atoms with van der Waals surface area (Å²) in [6.07, 6.45) is -3.50. The lowest BCUT2D eigenvalue weighted by atomic mass is 10.1. The van der Waals surface area contributed by atoms with E-state index in [2.05, 4.69) is 0 Å². The quantitative estimate of drug-likeness (QED) is 0.866. The molecule has 1 aromatic heterocycles. The second-order valence-corrected chi connectivity index (χ2v) is 5.71. The van der Waals surface area contributed by atoms with Crippen LogP contribution in [0.3, 0.4) is 0 Å². The first kappa shape index (κ1) is 17.7. The molecule has 0 aliphatic heterocycles. The third-order valence-electron chi connectivity index (χ3n) is 3.16. The van der Waals surface area contributed by atoms with Crippen molar-refractivity contribution in [3.05, 3.63) is 51.8 Å². The summed E-state index contributed by atoms with van der Waals surface area (Å²) in [5, 5.41) is -0.324. The first-order valence-electron chi connectivity index (χ1n) is 6.39. The number of hydrogen-bond acceptors (Lipinski definition) is 2. The Hall–Kier alpha value is -1.70. The Morgan fingerprint density at radius 2 is 1.96 bits per heavy atom. The van der Waals surface area contributed by atoms with E-state index in [1.54, 1.807) is 0 Å². The topological polar surface area (TPSA) is 74.0 Å². The van der Waals surface area contributed by atoms with Crippen LogP contribution >= 0.6 is 23.2 Å². The average Bonchev–Trinajstić information content (AvgIpc) is 2.84. The predicted molar refractivity (Wildman–Crippen MR) is 81.5 cm³/mol. The van der Waals surface area contributed by atoms with Gasteiger partial charge in [0.25, 0.3) is 0 Å². The summed E-state index contributed by atoms with van der Waals surface area (Å²) in [5.41, 5.74) is 9.90. The molecule has 2 rings (SSSR count). The maximum Gasteiger partial charge on any atom is 0.418 e. The van der Waals surface area contributed by atoms with Crippen LogP contribution in [0.25, 0.3) is 5.69 Å². The van der Waals surface area contributed by atoms with Gasteiger partial charge in [-0.05, 0) is 24.3 Å². The number of primary amides is 1. The second-order valence-electron chi connectivity index (χ2n) is 4.86. The molecule has 0 spiro atoms. The van der Waals surface area contributed by atoms with Gasteiger partial charge in [0.05, 0.1) is 22.3 Å². The zero-order valence-corrected chi connectivity index (χ0v) is 13.1. The lowest BCUT2D eigenvalue weighted by Crippen LogP contribution is -2.23. The van der Waals surface area contributed by atoms with Crippen molar-refractivity contribution in [1.29, 1.82) is 0 Å². The Morgan fingerprint density at radius 3 is 2.52 bits per heavy atom. The van der Waals surface area contributed by atoms with E-state index in [4.69, 9.17) is 34.7 Å². The number of halogens is 5. The number of amides is 1. The first-order valence-corrected chi connectivity index (χ1v) is 7.14. The first-order chi connectivity index (χ1) is 10.6. The largest absolute Gasteiger partial charge is 0.418 e. The molecule has 0 aliphatic carbocycles. The van der Waals surface area contributed by atoms with E-state index in [0.717, 1.165) is 6.07 Å². The van der Waals surface area contributed by atoms with Crippen molar-refractivity contribution in [3.63, 3.8) is 0 Å². The Morgan fingerprint density at radius 1 is 1.30 bits per heavy atom. The summed E-state index contributed by atoms with van der Waals surface area (Å²) in [5.74, 6) is -0.663. The van der Waals surface area contributed by atoms with E-state index in [-0.39, 0.29) is 27.8 Å². The number of carbonyl (C=O) groups is 1. The molecule has 1 unspecified atom stereocenters. The highest BCUT2D eigenvalue weighted by Crippen LogP contribution is 2.40. The zero-order valence-electron chi connectivity index (χ0n) is 11.6. The number of alkyl halides is 3. The molecule has 0 fully saturated rings. The molecule has 0 saturated heterocycles. The summed E-state index contributed by atoms with van der Waals surface area (Å²) in [6, 6.07) is 4.12. The molecule has 1 aromatic carbocycles. The molecule has 2 aromatic rings. The van der Waals surface area contributed by atoms with E-state index in [1.807, 2.05) is 0 Å². The highest BCUT2D eigenvalue weighted by molar-refractivity contribution is 6.36. The molecule has 0 bridgehead atoms. The normalized spacial score (nSPS) is 13.1. The number of hydrogen-bond donors (Lipinski definition) is 2. The van der Waals surface area contributed by atoms with Crippen molar-refractivity contribution in [3.8, 4) is 5.69 Å². The van der Waals surface area contributed by atoms with Gasteiger partial charge in [-0.3, -0.25) is 4.79 Å². The van der Waals surface area contributed by atoms with Crippen LogP contribution in [0.15, 0.2) is 30.5 Å². The molecule has 0 radical (unpaired) electrons. The van der Waals surface area contributed by atoms with Crippen LogP contribution in [0, 0.1) is 0 Å². The molecule has 9 heteroatoms. The molecule has 1 atom stereocenters. The standard InChI is InChI=1S/C14H12Cl2F3N3O/c15-7-4-8(14(17,18)19)13(9(16)5-7)22-3-1-2-11(22)10(20)6-12(21)23/h1-5,10H,6,20H2,(H2,21,23). The van der Waals surface area contributed by atoms with Gasteiger partial charge in [0.2, 0.25) is 5.91 Å². The lowest BCUT2D eigenvalue weighted by molar-refractivity contribution is -0.137. The van der Waals surface area contributed by atoms with E-state index < -0.39 is 23.7 Å². The maximum atomic E-state index is 13.3. The number of nitrogens with two attached hydrogens (primary N) is 2. The van der Waals surface area contributed by atoms with Gasteiger partial charge < -0.3 is 16.0 Å². The molecular weight excluding hydrogens is 354 g/mol. The van der Waals surface area contributed by atoms with Crippen LogP contribution in [-0.2, 0) is 11.0 Å². The van der Waals surface area contributed by atoms with Gasteiger partial charge in [0.1, 0.15) is 0 Å². The van der Waals surface area contributed by atoms with Crippen LogP contribution in [0.4, 0.5) is 13.2 Å². The summed E-state index contributed by atoms with van der Waals surface area (Å²) in [6.45, 7) is 0. The van der Waals surface area contributed by atoms with Gasteiger partial charge in [-0.1, -0.05) is 23.2 Å². The van der Waals surface area contributed by atoms with Crippen LogP contribution < -0.4 is 11.5 Å². The smallest absolute Gasteiger partial charge is 0.370 e. The SMILES string of the molecule is NC(=O)CC(N)c1cccn1-c1c(Cl)cc(Cl)cc1C(F)(F)F. The summed E-state index contributed by atoms with van der Waals surface area (Å²) in [4.78, 5) is 11.0. The van der Waals surface area contributed by atoms with Crippen molar-refractivity contribution in [2.45, 2.75) is 18.6 Å². The second kappa shape index (κ2) is 6.43. The minimum atomic E-state index is -4.67. The summed E-state index contributed by atoms with van der Waals surface area (Å²) >= 11 is 11.7. The van der Waals surface area contributed by atoms with Crippen LogP contribution in [0.1, 0.15) is 23.7 Å². The lowest BCUT2D eigenvalue weighted by Gasteiger charge is -2.20. The van der Waals surface area contributed by atoms with Gasteiger partial charge >= 0.3 is 6.18 Å². The molecule has 0 aliphatic rings. The van der Waals surface area contributed by atoms with E-state index >= 15 is 0 Å². The fourth-order valence-corrected chi connectivity index (χ4v) is 2.83. The van der Waals surface area contributed by atoms with Gasteiger partial charge in [-0.2, -0.15) is 13.2 Å².